The third-order valence-electron chi connectivity index (χ3n) is 3.46. The fourth-order valence-electron chi connectivity index (χ4n) is 2.32. The number of carboxylic acid groups (broad SMARTS) is 1. The van der Waals surface area contributed by atoms with Crippen molar-refractivity contribution in [1.29, 1.82) is 0 Å². The molecule has 0 aromatic heterocycles. The predicted octanol–water partition coefficient (Wildman–Crippen LogP) is 1.18. The largest absolute Gasteiger partial charge is 0.478 e. The molecule has 0 aliphatic carbocycles. The third kappa shape index (κ3) is 3.34. The Hall–Kier alpha value is -2.48. The Morgan fingerprint density at radius 3 is 2.71 bits per heavy atom. The van der Waals surface area contributed by atoms with E-state index in [1.807, 2.05) is 11.9 Å². The molecule has 1 unspecified atom stereocenters. The van der Waals surface area contributed by atoms with Crippen LogP contribution >= 0.6 is 0 Å². The van der Waals surface area contributed by atoms with Crippen molar-refractivity contribution in [1.82, 2.24) is 4.90 Å². The van der Waals surface area contributed by atoms with Crippen molar-refractivity contribution in [2.24, 2.45) is 5.92 Å². The van der Waals surface area contributed by atoms with E-state index in [0.717, 1.165) is 24.7 Å². The molecule has 1 heterocycles. The molecule has 1 fully saturated rings. The number of carbonyl (C=O) groups excluding carboxylic acids is 1. The molecule has 2 rings (SSSR count). The molecule has 1 saturated heterocycles. The molecule has 8 nitrogen and oxygen atoms in total. The number of likely N-dealkylation sites (tertiary alicyclic amines) is 1. The summed E-state index contributed by atoms with van der Waals surface area (Å²) >= 11 is 0. The number of hydrogen-bond acceptors (Lipinski definition) is 5. The molecule has 0 saturated carbocycles. The minimum absolute atomic E-state index is 0.0451. The number of amides is 1. The van der Waals surface area contributed by atoms with E-state index >= 15 is 0 Å². The van der Waals surface area contributed by atoms with E-state index in [4.69, 9.17) is 5.11 Å². The maximum absolute atomic E-state index is 12.1. The number of nitrogens with zero attached hydrogens (tertiary/aromatic N) is 2. The van der Waals surface area contributed by atoms with Crippen molar-refractivity contribution < 1.29 is 19.6 Å². The lowest BCUT2D eigenvalue weighted by Gasteiger charge is -2.13. The van der Waals surface area contributed by atoms with Crippen molar-refractivity contribution in [3.05, 3.63) is 33.9 Å². The van der Waals surface area contributed by atoms with Gasteiger partial charge in [0, 0.05) is 18.7 Å². The van der Waals surface area contributed by atoms with Gasteiger partial charge in [-0.3, -0.25) is 14.9 Å². The van der Waals surface area contributed by atoms with Gasteiger partial charge in [-0.05, 0) is 26.1 Å². The fraction of sp³-hybridized carbons (Fsp3) is 0.385. The SMILES string of the molecule is CN1CCC(C(=O)Nc2cc([N+](=O)[O-])ccc2C(=O)O)C1. The van der Waals surface area contributed by atoms with E-state index in [0.29, 0.717) is 13.0 Å². The molecule has 1 aliphatic heterocycles. The number of nitro benzene ring substituents is 1. The number of non-ortho nitro benzene ring substituents is 1. The number of anilines is 1. The van der Waals surface area contributed by atoms with Gasteiger partial charge in [0.2, 0.25) is 5.91 Å². The summed E-state index contributed by atoms with van der Waals surface area (Å²) in [6, 6.07) is 3.29. The molecule has 1 aromatic rings. The van der Waals surface area contributed by atoms with Crippen LogP contribution in [0.4, 0.5) is 11.4 Å². The van der Waals surface area contributed by atoms with Gasteiger partial charge in [-0.2, -0.15) is 0 Å². The third-order valence-corrected chi connectivity index (χ3v) is 3.46. The van der Waals surface area contributed by atoms with Gasteiger partial charge in [0.25, 0.3) is 5.69 Å². The monoisotopic (exact) mass is 293 g/mol. The first-order chi connectivity index (χ1) is 9.88. The van der Waals surface area contributed by atoms with Crippen LogP contribution in [0.3, 0.4) is 0 Å². The van der Waals surface area contributed by atoms with Crippen LogP contribution in [-0.2, 0) is 4.79 Å². The zero-order valence-electron chi connectivity index (χ0n) is 11.4. The summed E-state index contributed by atoms with van der Waals surface area (Å²) in [5.74, 6) is -1.80. The number of hydrogen-bond donors (Lipinski definition) is 2. The Kier molecular flexibility index (Phi) is 4.18. The summed E-state index contributed by atoms with van der Waals surface area (Å²) in [7, 11) is 1.89. The quantitative estimate of drug-likeness (QED) is 0.636. The maximum atomic E-state index is 12.1. The van der Waals surface area contributed by atoms with Crippen molar-refractivity contribution in [2.75, 3.05) is 25.5 Å². The number of carbonyl (C=O) groups is 2. The van der Waals surface area contributed by atoms with E-state index in [1.54, 1.807) is 0 Å². The van der Waals surface area contributed by atoms with E-state index in [9.17, 15) is 19.7 Å². The molecule has 1 aromatic carbocycles. The molecule has 2 N–H and O–H groups in total. The summed E-state index contributed by atoms with van der Waals surface area (Å²) < 4.78 is 0. The second-order valence-electron chi connectivity index (χ2n) is 5.03. The normalized spacial score (nSPS) is 18.4. The molecular formula is C13H15N3O5. The van der Waals surface area contributed by atoms with Crippen molar-refractivity contribution in [3.8, 4) is 0 Å². The number of nitrogens with one attached hydrogen (secondary N) is 1. The molecule has 1 aliphatic rings. The van der Waals surface area contributed by atoms with E-state index in [-0.39, 0.29) is 28.8 Å². The lowest BCUT2D eigenvalue weighted by molar-refractivity contribution is -0.384. The van der Waals surface area contributed by atoms with Crippen molar-refractivity contribution >= 4 is 23.3 Å². The lowest BCUT2D eigenvalue weighted by atomic mass is 10.1. The van der Waals surface area contributed by atoms with Gasteiger partial charge in [0.05, 0.1) is 22.1 Å². The van der Waals surface area contributed by atoms with Gasteiger partial charge in [0.15, 0.2) is 0 Å². The molecule has 1 amide bonds. The number of carboxylic acids is 1. The molecule has 0 bridgehead atoms. The number of aromatic carboxylic acids is 1. The van der Waals surface area contributed by atoms with Crippen LogP contribution in [0.15, 0.2) is 18.2 Å². The van der Waals surface area contributed by atoms with Gasteiger partial charge >= 0.3 is 5.97 Å². The first kappa shape index (κ1) is 14.9. The molecule has 1 atom stereocenters. The highest BCUT2D eigenvalue weighted by Crippen LogP contribution is 2.24. The second kappa shape index (κ2) is 5.88. The Balaban J connectivity index is 2.24. The Morgan fingerprint density at radius 2 is 2.19 bits per heavy atom. The Labute approximate surface area is 120 Å². The van der Waals surface area contributed by atoms with Crippen LogP contribution in [-0.4, -0.2) is 46.9 Å². The minimum Gasteiger partial charge on any atom is -0.478 e. The van der Waals surface area contributed by atoms with Crippen LogP contribution in [0, 0.1) is 16.0 Å². The van der Waals surface area contributed by atoms with Crippen LogP contribution in [0.5, 0.6) is 0 Å². The molecule has 8 heteroatoms. The highest BCUT2D eigenvalue weighted by molar-refractivity contribution is 6.01. The number of nitro groups is 1. The van der Waals surface area contributed by atoms with Gasteiger partial charge < -0.3 is 15.3 Å². The topological polar surface area (TPSA) is 113 Å². The first-order valence-electron chi connectivity index (χ1n) is 6.39. The minimum atomic E-state index is -1.25. The van der Waals surface area contributed by atoms with E-state index < -0.39 is 10.9 Å². The summed E-state index contributed by atoms with van der Waals surface area (Å²) in [5, 5.41) is 22.3. The second-order valence-corrected chi connectivity index (χ2v) is 5.03. The summed E-state index contributed by atoms with van der Waals surface area (Å²) in [5.41, 5.74) is -0.476. The molecule has 0 spiro atoms. The van der Waals surface area contributed by atoms with Gasteiger partial charge in [-0.25, -0.2) is 4.79 Å². The lowest BCUT2D eigenvalue weighted by Crippen LogP contribution is -2.26. The molecule has 21 heavy (non-hydrogen) atoms. The highest BCUT2D eigenvalue weighted by atomic mass is 16.6. The van der Waals surface area contributed by atoms with Crippen LogP contribution in [0.2, 0.25) is 0 Å². The van der Waals surface area contributed by atoms with E-state index in [1.165, 1.54) is 0 Å². The zero-order chi connectivity index (χ0) is 15.6. The van der Waals surface area contributed by atoms with E-state index in [2.05, 4.69) is 5.32 Å². The Bertz CT molecular complexity index is 601. The summed E-state index contributed by atoms with van der Waals surface area (Å²) in [6.07, 6.45) is 0.680. The fourth-order valence-corrected chi connectivity index (χ4v) is 2.32. The Morgan fingerprint density at radius 1 is 1.48 bits per heavy atom. The molecule has 112 valence electrons. The van der Waals surface area contributed by atoms with Crippen LogP contribution in [0.25, 0.3) is 0 Å². The first-order valence-corrected chi connectivity index (χ1v) is 6.39. The smallest absolute Gasteiger partial charge is 0.337 e. The molecular weight excluding hydrogens is 278 g/mol. The number of benzene rings is 1. The zero-order valence-corrected chi connectivity index (χ0v) is 11.4. The maximum Gasteiger partial charge on any atom is 0.337 e. The highest BCUT2D eigenvalue weighted by Gasteiger charge is 2.27. The predicted molar refractivity (Wildman–Crippen MR) is 74.3 cm³/mol. The molecule has 0 radical (unpaired) electrons. The van der Waals surface area contributed by atoms with Gasteiger partial charge in [0.1, 0.15) is 0 Å². The number of rotatable bonds is 4. The summed E-state index contributed by atoms with van der Waals surface area (Å²) in [6.45, 7) is 1.38. The standard InChI is InChI=1S/C13H15N3O5/c1-15-5-4-8(7-15)12(17)14-11-6-9(16(20)21)2-3-10(11)13(18)19/h2-3,6,8H,4-5,7H2,1H3,(H,14,17)(H,18,19). The average Bonchev–Trinajstić information content (AvgIpc) is 2.85. The van der Waals surface area contributed by atoms with Crippen molar-refractivity contribution in [3.63, 3.8) is 0 Å². The van der Waals surface area contributed by atoms with Crippen LogP contribution < -0.4 is 5.32 Å². The average molecular weight is 293 g/mol. The van der Waals surface area contributed by atoms with Crippen LogP contribution in [0.1, 0.15) is 16.8 Å². The van der Waals surface area contributed by atoms with Crippen molar-refractivity contribution in [2.45, 2.75) is 6.42 Å². The van der Waals surface area contributed by atoms with Gasteiger partial charge in [-0.15, -0.1) is 0 Å². The summed E-state index contributed by atoms with van der Waals surface area (Å²) in [4.78, 5) is 35.4. The van der Waals surface area contributed by atoms with Gasteiger partial charge in [-0.1, -0.05) is 0 Å².